The van der Waals surface area contributed by atoms with Crippen LogP contribution in [0.2, 0.25) is 0 Å². The molecule has 2 aromatic rings. The van der Waals surface area contributed by atoms with Crippen LogP contribution in [0.4, 0.5) is 4.79 Å². The van der Waals surface area contributed by atoms with Gasteiger partial charge in [0.1, 0.15) is 0 Å². The fourth-order valence-electron chi connectivity index (χ4n) is 1.19. The van der Waals surface area contributed by atoms with Gasteiger partial charge >= 0.3 is 6.09 Å². The minimum Gasteiger partial charge on any atom is -0.463 e. The maximum Gasteiger partial charge on any atom is 0.432 e. The van der Waals surface area contributed by atoms with Gasteiger partial charge in [-0.3, -0.25) is 0 Å². The van der Waals surface area contributed by atoms with Gasteiger partial charge in [0, 0.05) is 11.8 Å². The molecular weight excluding hydrogens is 180 g/mol. The molecule has 2 rings (SSSR count). The summed E-state index contributed by atoms with van der Waals surface area (Å²) >= 11 is 0. The Hall–Kier alpha value is -2.10. The molecule has 0 aliphatic rings. The van der Waals surface area contributed by atoms with Crippen molar-refractivity contribution < 1.29 is 9.90 Å². The molecule has 0 aliphatic heterocycles. The van der Waals surface area contributed by atoms with Crippen LogP contribution < -0.4 is 0 Å². The summed E-state index contributed by atoms with van der Waals surface area (Å²) < 4.78 is 0.891. The highest BCUT2D eigenvalue weighted by Gasteiger charge is 2.04. The molecule has 70 valence electrons. The van der Waals surface area contributed by atoms with Crippen molar-refractivity contribution in [3.8, 4) is 11.3 Å². The lowest BCUT2D eigenvalue weighted by Crippen LogP contribution is -2.07. The molecule has 4 heteroatoms. The summed E-state index contributed by atoms with van der Waals surface area (Å²) in [6, 6.07) is 11.1. The lowest BCUT2D eigenvalue weighted by molar-refractivity contribution is 0.192. The van der Waals surface area contributed by atoms with Crippen molar-refractivity contribution in [1.82, 2.24) is 9.78 Å². The highest BCUT2D eigenvalue weighted by atomic mass is 16.4. The van der Waals surface area contributed by atoms with Crippen LogP contribution in [0.1, 0.15) is 0 Å². The average molecular weight is 188 g/mol. The van der Waals surface area contributed by atoms with E-state index in [0.717, 1.165) is 10.2 Å². The molecule has 0 saturated heterocycles. The van der Waals surface area contributed by atoms with Gasteiger partial charge in [0.25, 0.3) is 0 Å². The van der Waals surface area contributed by atoms with Crippen LogP contribution in [0.5, 0.6) is 0 Å². The van der Waals surface area contributed by atoms with Gasteiger partial charge in [0.05, 0.1) is 5.69 Å². The standard InChI is InChI=1S/C10H8N2O2/c13-10(14)12-7-6-9(11-12)8-4-2-1-3-5-8/h1-7H,(H,13,14). The van der Waals surface area contributed by atoms with Gasteiger partial charge in [0.15, 0.2) is 0 Å². The van der Waals surface area contributed by atoms with E-state index in [2.05, 4.69) is 5.10 Å². The van der Waals surface area contributed by atoms with Crippen molar-refractivity contribution in [2.45, 2.75) is 0 Å². The third kappa shape index (κ3) is 1.50. The van der Waals surface area contributed by atoms with Crippen LogP contribution in [0.3, 0.4) is 0 Å². The Morgan fingerprint density at radius 1 is 1.21 bits per heavy atom. The number of carbonyl (C=O) groups is 1. The molecule has 1 aromatic carbocycles. The van der Waals surface area contributed by atoms with Gasteiger partial charge < -0.3 is 5.11 Å². The third-order valence-electron chi connectivity index (χ3n) is 1.85. The van der Waals surface area contributed by atoms with E-state index in [-0.39, 0.29) is 0 Å². The van der Waals surface area contributed by atoms with Crippen LogP contribution in [0.25, 0.3) is 11.3 Å². The van der Waals surface area contributed by atoms with E-state index in [0.29, 0.717) is 5.69 Å². The number of hydrogen-bond donors (Lipinski definition) is 1. The predicted molar refractivity (Wildman–Crippen MR) is 51.1 cm³/mol. The highest BCUT2D eigenvalue weighted by molar-refractivity contribution is 5.68. The quantitative estimate of drug-likeness (QED) is 0.745. The minimum atomic E-state index is -1.08. The van der Waals surface area contributed by atoms with E-state index in [1.165, 1.54) is 6.20 Å². The average Bonchev–Trinajstić information content (AvgIpc) is 2.68. The molecule has 0 radical (unpaired) electrons. The number of rotatable bonds is 1. The Kier molecular flexibility index (Phi) is 2.02. The van der Waals surface area contributed by atoms with Crippen molar-refractivity contribution in [1.29, 1.82) is 0 Å². The fourth-order valence-corrected chi connectivity index (χ4v) is 1.19. The Bertz CT molecular complexity index is 448. The van der Waals surface area contributed by atoms with Gasteiger partial charge in [-0.05, 0) is 6.07 Å². The van der Waals surface area contributed by atoms with Gasteiger partial charge in [-0.25, -0.2) is 4.79 Å². The van der Waals surface area contributed by atoms with Crippen molar-refractivity contribution in [3.63, 3.8) is 0 Å². The normalized spacial score (nSPS) is 10.0. The second-order valence-electron chi connectivity index (χ2n) is 2.79. The Morgan fingerprint density at radius 3 is 2.50 bits per heavy atom. The first kappa shape index (κ1) is 8.50. The third-order valence-corrected chi connectivity index (χ3v) is 1.85. The Morgan fingerprint density at radius 2 is 1.93 bits per heavy atom. The largest absolute Gasteiger partial charge is 0.463 e. The first-order chi connectivity index (χ1) is 6.77. The van der Waals surface area contributed by atoms with Crippen LogP contribution in [-0.4, -0.2) is 21.0 Å². The predicted octanol–water partition coefficient (Wildman–Crippen LogP) is 2.08. The Balaban J connectivity index is 2.39. The van der Waals surface area contributed by atoms with E-state index >= 15 is 0 Å². The first-order valence-corrected chi connectivity index (χ1v) is 4.12. The summed E-state index contributed by atoms with van der Waals surface area (Å²) in [5, 5.41) is 12.5. The second-order valence-corrected chi connectivity index (χ2v) is 2.79. The first-order valence-electron chi connectivity index (χ1n) is 4.12. The van der Waals surface area contributed by atoms with Crippen molar-refractivity contribution in [2.75, 3.05) is 0 Å². The number of aromatic nitrogens is 2. The fraction of sp³-hybridized carbons (Fsp3) is 0. The zero-order valence-corrected chi connectivity index (χ0v) is 7.29. The minimum absolute atomic E-state index is 0.660. The number of carboxylic acid groups (broad SMARTS) is 1. The van der Waals surface area contributed by atoms with E-state index in [4.69, 9.17) is 5.11 Å². The van der Waals surface area contributed by atoms with Crippen LogP contribution in [-0.2, 0) is 0 Å². The molecule has 14 heavy (non-hydrogen) atoms. The molecule has 1 N–H and O–H groups in total. The van der Waals surface area contributed by atoms with E-state index in [1.54, 1.807) is 6.07 Å². The van der Waals surface area contributed by atoms with Gasteiger partial charge in [0.2, 0.25) is 0 Å². The molecule has 1 heterocycles. The molecule has 0 spiro atoms. The van der Waals surface area contributed by atoms with Gasteiger partial charge in [-0.15, -0.1) is 0 Å². The molecule has 0 bridgehead atoms. The van der Waals surface area contributed by atoms with Crippen molar-refractivity contribution in [2.24, 2.45) is 0 Å². The molecule has 0 fully saturated rings. The molecule has 4 nitrogen and oxygen atoms in total. The molecule has 0 unspecified atom stereocenters. The summed E-state index contributed by atoms with van der Waals surface area (Å²) in [5.74, 6) is 0. The summed E-state index contributed by atoms with van der Waals surface area (Å²) in [6.45, 7) is 0. The monoisotopic (exact) mass is 188 g/mol. The lowest BCUT2D eigenvalue weighted by Gasteiger charge is -1.94. The highest BCUT2D eigenvalue weighted by Crippen LogP contribution is 2.15. The molecule has 0 atom stereocenters. The molecule has 0 amide bonds. The Labute approximate surface area is 80.4 Å². The van der Waals surface area contributed by atoms with Crippen LogP contribution >= 0.6 is 0 Å². The maximum absolute atomic E-state index is 10.5. The summed E-state index contributed by atoms with van der Waals surface area (Å²) in [4.78, 5) is 10.5. The van der Waals surface area contributed by atoms with Crippen LogP contribution in [0, 0.1) is 0 Å². The van der Waals surface area contributed by atoms with E-state index in [1.807, 2.05) is 30.3 Å². The zero-order chi connectivity index (χ0) is 9.97. The molecule has 0 saturated carbocycles. The molecular formula is C10H8N2O2. The SMILES string of the molecule is O=C(O)n1ccc(-c2ccccc2)n1. The van der Waals surface area contributed by atoms with Crippen molar-refractivity contribution >= 4 is 6.09 Å². The van der Waals surface area contributed by atoms with Crippen LogP contribution in [0.15, 0.2) is 42.6 Å². The van der Waals surface area contributed by atoms with E-state index < -0.39 is 6.09 Å². The topological polar surface area (TPSA) is 55.1 Å². The summed E-state index contributed by atoms with van der Waals surface area (Å²) in [5.41, 5.74) is 1.57. The maximum atomic E-state index is 10.5. The summed E-state index contributed by atoms with van der Waals surface area (Å²) in [7, 11) is 0. The smallest absolute Gasteiger partial charge is 0.432 e. The molecule has 0 aliphatic carbocycles. The van der Waals surface area contributed by atoms with E-state index in [9.17, 15) is 4.79 Å². The van der Waals surface area contributed by atoms with Gasteiger partial charge in [-0.2, -0.15) is 9.78 Å². The summed E-state index contributed by atoms with van der Waals surface area (Å²) in [6.07, 6.45) is 0.345. The number of benzene rings is 1. The lowest BCUT2D eigenvalue weighted by atomic mass is 10.2. The zero-order valence-electron chi connectivity index (χ0n) is 7.29. The van der Waals surface area contributed by atoms with Gasteiger partial charge in [-0.1, -0.05) is 30.3 Å². The number of hydrogen-bond acceptors (Lipinski definition) is 2. The second kappa shape index (κ2) is 3.33. The number of nitrogens with zero attached hydrogens (tertiary/aromatic N) is 2. The van der Waals surface area contributed by atoms with Crippen molar-refractivity contribution in [3.05, 3.63) is 42.6 Å². The molecule has 1 aromatic heterocycles.